The van der Waals surface area contributed by atoms with Crippen LogP contribution in [0.2, 0.25) is 0 Å². The highest BCUT2D eigenvalue weighted by Crippen LogP contribution is 2.44. The number of ether oxygens (including phenoxy) is 2. The third-order valence-corrected chi connectivity index (χ3v) is 4.14. The van der Waals surface area contributed by atoms with Gasteiger partial charge in [0.1, 0.15) is 0 Å². The van der Waals surface area contributed by atoms with Crippen molar-refractivity contribution in [2.24, 2.45) is 5.73 Å². The third-order valence-electron chi connectivity index (χ3n) is 4.14. The van der Waals surface area contributed by atoms with Crippen LogP contribution in [0.15, 0.2) is 42.5 Å². The number of nitrogens with two attached hydrogens (primary N) is 1. The van der Waals surface area contributed by atoms with Gasteiger partial charge in [-0.1, -0.05) is 30.3 Å². The Balaban J connectivity index is 1.72. The summed E-state index contributed by atoms with van der Waals surface area (Å²) in [5.74, 6) is -0.344. The smallest absolute Gasteiger partial charge is 0.395 e. The minimum Gasteiger partial charge on any atom is -0.395 e. The van der Waals surface area contributed by atoms with Gasteiger partial charge in [-0.2, -0.15) is 0 Å². The van der Waals surface area contributed by atoms with Crippen molar-refractivity contribution in [1.29, 1.82) is 0 Å². The van der Waals surface area contributed by atoms with Crippen LogP contribution in [0, 0.1) is 0 Å². The Labute approximate surface area is 136 Å². The molecule has 0 aromatic heterocycles. The van der Waals surface area contributed by atoms with Gasteiger partial charge < -0.3 is 20.1 Å². The van der Waals surface area contributed by atoms with Crippen LogP contribution in [-0.2, 0) is 17.8 Å². The van der Waals surface area contributed by atoms with E-state index in [0.717, 1.165) is 11.3 Å². The minimum atomic E-state index is -3.70. The molecule has 2 N–H and O–H groups in total. The number of anilines is 1. The van der Waals surface area contributed by atoms with Crippen LogP contribution in [0.25, 0.3) is 0 Å². The van der Waals surface area contributed by atoms with E-state index in [1.807, 2.05) is 24.3 Å². The minimum absolute atomic E-state index is 0.0421. The van der Waals surface area contributed by atoms with Gasteiger partial charge in [-0.25, -0.2) is 0 Å². The molecule has 2 heterocycles. The first-order valence-corrected chi connectivity index (χ1v) is 7.47. The summed E-state index contributed by atoms with van der Waals surface area (Å²) in [7, 11) is 0. The molecular weight excluding hydrogens is 318 g/mol. The Morgan fingerprint density at radius 1 is 1.17 bits per heavy atom. The zero-order valence-corrected chi connectivity index (χ0v) is 12.5. The van der Waals surface area contributed by atoms with Crippen LogP contribution in [0.1, 0.15) is 11.1 Å². The zero-order chi connectivity index (χ0) is 16.9. The van der Waals surface area contributed by atoms with Gasteiger partial charge in [-0.15, -0.1) is 8.78 Å². The molecule has 2 aromatic carbocycles. The van der Waals surface area contributed by atoms with Gasteiger partial charge in [0.25, 0.3) is 0 Å². The molecule has 124 valence electrons. The summed E-state index contributed by atoms with van der Waals surface area (Å²) >= 11 is 0. The van der Waals surface area contributed by atoms with Crippen molar-refractivity contribution in [3.63, 3.8) is 0 Å². The maximum atomic E-state index is 13.3. The van der Waals surface area contributed by atoms with Gasteiger partial charge in [0.2, 0.25) is 5.91 Å². The molecule has 0 saturated carbocycles. The van der Waals surface area contributed by atoms with Crippen molar-refractivity contribution in [3.8, 4) is 11.5 Å². The molecule has 0 aliphatic carbocycles. The molecule has 2 aliphatic heterocycles. The van der Waals surface area contributed by atoms with Gasteiger partial charge in [0.05, 0.1) is 12.6 Å². The molecule has 0 radical (unpaired) electrons. The van der Waals surface area contributed by atoms with Crippen molar-refractivity contribution in [3.05, 3.63) is 53.6 Å². The second-order valence-corrected chi connectivity index (χ2v) is 5.78. The number of benzene rings is 2. The highest BCUT2D eigenvalue weighted by atomic mass is 19.3. The van der Waals surface area contributed by atoms with E-state index in [-0.39, 0.29) is 24.0 Å². The van der Waals surface area contributed by atoms with Gasteiger partial charge in [0.15, 0.2) is 11.5 Å². The predicted octanol–water partition coefficient (Wildman–Crippen LogP) is 2.42. The monoisotopic (exact) mass is 332 g/mol. The average molecular weight is 332 g/mol. The first kappa shape index (κ1) is 14.9. The van der Waals surface area contributed by atoms with Crippen LogP contribution in [-0.4, -0.2) is 18.2 Å². The van der Waals surface area contributed by atoms with E-state index < -0.39 is 12.3 Å². The van der Waals surface area contributed by atoms with E-state index >= 15 is 0 Å². The van der Waals surface area contributed by atoms with E-state index in [4.69, 9.17) is 5.73 Å². The lowest BCUT2D eigenvalue weighted by Gasteiger charge is -2.32. The van der Waals surface area contributed by atoms with Crippen LogP contribution >= 0.6 is 0 Å². The average Bonchev–Trinajstić information content (AvgIpc) is 2.86. The molecule has 0 fully saturated rings. The van der Waals surface area contributed by atoms with E-state index in [2.05, 4.69) is 9.47 Å². The number of amides is 1. The Hall–Kier alpha value is -2.67. The molecule has 2 aromatic rings. The predicted molar refractivity (Wildman–Crippen MR) is 82.0 cm³/mol. The molecule has 24 heavy (non-hydrogen) atoms. The van der Waals surface area contributed by atoms with Crippen molar-refractivity contribution < 1.29 is 23.0 Å². The Kier molecular flexibility index (Phi) is 3.21. The number of hydrogen-bond donors (Lipinski definition) is 1. The molecule has 1 atom stereocenters. The van der Waals surface area contributed by atoms with Gasteiger partial charge in [0, 0.05) is 11.3 Å². The SMILES string of the molecule is N[C@@H]1Cc2ccccc2N(Cc2cccc3c2OC(F)(F)O3)C1=O. The molecule has 4 rings (SSSR count). The van der Waals surface area contributed by atoms with Crippen LogP contribution < -0.4 is 20.1 Å². The molecule has 1 amide bonds. The summed E-state index contributed by atoms with van der Waals surface area (Å²) in [4.78, 5) is 14.0. The standard InChI is InChI=1S/C17H14F2N2O3/c18-17(19)23-14-7-3-5-11(15(14)24-17)9-21-13-6-2-1-4-10(13)8-12(20)16(21)22/h1-7,12H,8-9,20H2/t12-/m1/s1. The van der Waals surface area contributed by atoms with E-state index in [0.29, 0.717) is 12.0 Å². The zero-order valence-electron chi connectivity index (χ0n) is 12.5. The summed E-state index contributed by atoms with van der Waals surface area (Å²) in [6.45, 7) is 0.0756. The maximum Gasteiger partial charge on any atom is 0.586 e. The third kappa shape index (κ3) is 2.37. The summed E-state index contributed by atoms with van der Waals surface area (Å²) in [6, 6.07) is 11.4. The molecule has 2 aliphatic rings. The lowest BCUT2D eigenvalue weighted by Crippen LogP contribution is -2.48. The summed E-state index contributed by atoms with van der Waals surface area (Å²) < 4.78 is 35.7. The molecule has 0 bridgehead atoms. The highest BCUT2D eigenvalue weighted by Gasteiger charge is 2.44. The normalized spacial score (nSPS) is 20.9. The topological polar surface area (TPSA) is 64.8 Å². The molecule has 5 nitrogen and oxygen atoms in total. The molecule has 0 spiro atoms. The number of carbonyl (C=O) groups excluding carboxylic acids is 1. The largest absolute Gasteiger partial charge is 0.586 e. The van der Waals surface area contributed by atoms with Gasteiger partial charge in [-0.3, -0.25) is 4.79 Å². The summed E-state index contributed by atoms with van der Waals surface area (Å²) in [6.07, 6.45) is -3.24. The lowest BCUT2D eigenvalue weighted by atomic mass is 9.97. The Morgan fingerprint density at radius 2 is 1.96 bits per heavy atom. The van der Waals surface area contributed by atoms with Crippen molar-refractivity contribution in [1.82, 2.24) is 0 Å². The van der Waals surface area contributed by atoms with Crippen molar-refractivity contribution in [2.45, 2.75) is 25.3 Å². The fourth-order valence-electron chi connectivity index (χ4n) is 3.07. The van der Waals surface area contributed by atoms with E-state index in [1.54, 1.807) is 12.1 Å². The van der Waals surface area contributed by atoms with E-state index in [9.17, 15) is 13.6 Å². The first-order chi connectivity index (χ1) is 11.4. The van der Waals surface area contributed by atoms with Crippen LogP contribution in [0.4, 0.5) is 14.5 Å². The molecular formula is C17H14F2N2O3. The van der Waals surface area contributed by atoms with E-state index in [1.165, 1.54) is 11.0 Å². The van der Waals surface area contributed by atoms with Crippen molar-refractivity contribution >= 4 is 11.6 Å². The van der Waals surface area contributed by atoms with Crippen molar-refractivity contribution in [2.75, 3.05) is 4.90 Å². The van der Waals surface area contributed by atoms with Gasteiger partial charge in [-0.05, 0) is 24.1 Å². The Bertz CT molecular complexity index is 825. The quantitative estimate of drug-likeness (QED) is 0.917. The van der Waals surface area contributed by atoms with Gasteiger partial charge >= 0.3 is 6.29 Å². The first-order valence-electron chi connectivity index (χ1n) is 7.47. The highest BCUT2D eigenvalue weighted by molar-refractivity contribution is 6.00. The number of nitrogens with zero attached hydrogens (tertiary/aromatic N) is 1. The summed E-state index contributed by atoms with van der Waals surface area (Å²) in [5, 5.41) is 0. The second-order valence-electron chi connectivity index (χ2n) is 5.78. The second kappa shape index (κ2) is 5.17. The van der Waals surface area contributed by atoms with Crippen LogP contribution in [0.5, 0.6) is 11.5 Å². The number of alkyl halides is 2. The molecule has 0 saturated heterocycles. The fourth-order valence-corrected chi connectivity index (χ4v) is 3.07. The number of rotatable bonds is 2. The van der Waals surface area contributed by atoms with Crippen LogP contribution in [0.3, 0.4) is 0 Å². The number of fused-ring (bicyclic) bond motifs is 2. The molecule has 0 unspecified atom stereocenters. The summed E-state index contributed by atoms with van der Waals surface area (Å²) in [5.41, 5.74) is 8.03. The lowest BCUT2D eigenvalue weighted by molar-refractivity contribution is -0.286. The Morgan fingerprint density at radius 3 is 2.79 bits per heavy atom. The molecule has 7 heteroatoms. The number of carbonyl (C=O) groups is 1. The maximum absolute atomic E-state index is 13.3. The number of hydrogen-bond acceptors (Lipinski definition) is 4. The number of halogens is 2. The number of para-hydroxylation sites is 2. The fraction of sp³-hybridized carbons (Fsp3) is 0.235.